The van der Waals surface area contributed by atoms with E-state index in [1.165, 1.54) is 0 Å². The number of esters is 1. The predicted molar refractivity (Wildman–Crippen MR) is 107 cm³/mol. The summed E-state index contributed by atoms with van der Waals surface area (Å²) >= 11 is 0. The highest BCUT2D eigenvalue weighted by Gasteiger charge is 2.31. The fraction of sp³-hybridized carbons (Fsp3) is 0.318. The van der Waals surface area contributed by atoms with Gasteiger partial charge >= 0.3 is 5.97 Å². The summed E-state index contributed by atoms with van der Waals surface area (Å²) in [5, 5.41) is 0. The maximum atomic E-state index is 12.4. The SMILES string of the molecule is CCOC(=O)c1nc(C2CC2)n2ccc(-c3ccc(C(=O)N(C)C)cc3)cc12. The molecule has 0 unspecified atom stereocenters. The van der Waals surface area contributed by atoms with E-state index in [0.717, 1.165) is 35.3 Å². The first-order valence-corrected chi connectivity index (χ1v) is 9.50. The van der Waals surface area contributed by atoms with Gasteiger partial charge in [0.15, 0.2) is 5.69 Å². The zero-order valence-corrected chi connectivity index (χ0v) is 16.3. The lowest BCUT2D eigenvalue weighted by molar-refractivity contribution is 0.0522. The van der Waals surface area contributed by atoms with Crippen molar-refractivity contribution in [1.82, 2.24) is 14.3 Å². The van der Waals surface area contributed by atoms with Crippen LogP contribution in [-0.4, -0.2) is 46.9 Å². The second kappa shape index (κ2) is 7.11. The van der Waals surface area contributed by atoms with Crippen LogP contribution in [0.5, 0.6) is 0 Å². The Balaban J connectivity index is 1.75. The lowest BCUT2D eigenvalue weighted by atomic mass is 10.0. The van der Waals surface area contributed by atoms with Crippen LogP contribution in [0.15, 0.2) is 42.6 Å². The average molecular weight is 377 g/mol. The first kappa shape index (κ1) is 18.2. The molecule has 6 nitrogen and oxygen atoms in total. The van der Waals surface area contributed by atoms with E-state index in [-0.39, 0.29) is 5.91 Å². The Hall–Kier alpha value is -3.15. The minimum absolute atomic E-state index is 0.0311. The summed E-state index contributed by atoms with van der Waals surface area (Å²) in [6.45, 7) is 2.11. The number of amides is 1. The van der Waals surface area contributed by atoms with Gasteiger partial charge in [0, 0.05) is 31.8 Å². The number of hydrogen-bond donors (Lipinski definition) is 0. The first-order chi connectivity index (χ1) is 13.5. The van der Waals surface area contributed by atoms with Crippen LogP contribution in [0.1, 0.15) is 52.4 Å². The van der Waals surface area contributed by atoms with Crippen molar-refractivity contribution in [2.24, 2.45) is 0 Å². The molecular weight excluding hydrogens is 354 g/mol. The van der Waals surface area contributed by atoms with Gasteiger partial charge in [-0.15, -0.1) is 0 Å². The van der Waals surface area contributed by atoms with Crippen LogP contribution in [0.4, 0.5) is 0 Å². The number of carbonyl (C=O) groups excluding carboxylic acids is 2. The fourth-order valence-corrected chi connectivity index (χ4v) is 3.33. The molecule has 4 rings (SSSR count). The molecule has 0 radical (unpaired) electrons. The Morgan fingerprint density at radius 3 is 2.46 bits per heavy atom. The fourth-order valence-electron chi connectivity index (χ4n) is 3.33. The average Bonchev–Trinajstić information content (AvgIpc) is 3.47. The Morgan fingerprint density at radius 1 is 1.14 bits per heavy atom. The van der Waals surface area contributed by atoms with E-state index in [1.54, 1.807) is 25.9 Å². The molecule has 0 spiro atoms. The molecule has 1 amide bonds. The third-order valence-electron chi connectivity index (χ3n) is 4.95. The van der Waals surface area contributed by atoms with Crippen LogP contribution in [0.25, 0.3) is 16.6 Å². The molecule has 1 fully saturated rings. The van der Waals surface area contributed by atoms with Crippen LogP contribution in [0.3, 0.4) is 0 Å². The number of pyridine rings is 1. The zero-order valence-electron chi connectivity index (χ0n) is 16.3. The lowest BCUT2D eigenvalue weighted by Gasteiger charge is -2.11. The van der Waals surface area contributed by atoms with E-state index in [0.29, 0.717) is 23.8 Å². The summed E-state index contributed by atoms with van der Waals surface area (Å²) in [5.74, 6) is 0.918. The standard InChI is InChI=1S/C22H23N3O3/c1-4-28-22(27)19-18-13-17(11-12-25(18)20(23-19)15-7-8-15)14-5-9-16(10-6-14)21(26)24(2)3/h5-6,9-13,15H,4,7-8H2,1-3H3. The topological polar surface area (TPSA) is 63.9 Å². The van der Waals surface area contributed by atoms with Crippen LogP contribution in [0, 0.1) is 0 Å². The van der Waals surface area contributed by atoms with E-state index in [9.17, 15) is 9.59 Å². The van der Waals surface area contributed by atoms with Crippen molar-refractivity contribution in [3.63, 3.8) is 0 Å². The van der Waals surface area contributed by atoms with Gasteiger partial charge < -0.3 is 14.0 Å². The van der Waals surface area contributed by atoms with Gasteiger partial charge in [-0.2, -0.15) is 0 Å². The van der Waals surface area contributed by atoms with Crippen molar-refractivity contribution in [1.29, 1.82) is 0 Å². The molecule has 3 aromatic rings. The number of benzene rings is 1. The molecule has 6 heteroatoms. The van der Waals surface area contributed by atoms with Gasteiger partial charge in [0.2, 0.25) is 0 Å². The van der Waals surface area contributed by atoms with E-state index < -0.39 is 5.97 Å². The molecule has 1 aliphatic rings. The maximum absolute atomic E-state index is 12.4. The van der Waals surface area contributed by atoms with Gasteiger partial charge in [-0.25, -0.2) is 9.78 Å². The van der Waals surface area contributed by atoms with Gasteiger partial charge in [-0.1, -0.05) is 12.1 Å². The smallest absolute Gasteiger partial charge is 0.359 e. The van der Waals surface area contributed by atoms with Crippen molar-refractivity contribution in [2.45, 2.75) is 25.7 Å². The predicted octanol–water partition coefficient (Wildman–Crippen LogP) is 3.76. The summed E-state index contributed by atoms with van der Waals surface area (Å²) in [6.07, 6.45) is 4.17. The second-order valence-electron chi connectivity index (χ2n) is 7.26. The summed E-state index contributed by atoms with van der Waals surface area (Å²) in [4.78, 5) is 30.6. The van der Waals surface area contributed by atoms with Gasteiger partial charge in [-0.05, 0) is 55.2 Å². The second-order valence-corrected chi connectivity index (χ2v) is 7.26. The number of imidazole rings is 1. The summed E-state index contributed by atoms with van der Waals surface area (Å²) in [5.41, 5.74) is 3.70. The first-order valence-electron chi connectivity index (χ1n) is 9.50. The van der Waals surface area contributed by atoms with Crippen molar-refractivity contribution < 1.29 is 14.3 Å². The van der Waals surface area contributed by atoms with Crippen molar-refractivity contribution in [3.8, 4) is 11.1 Å². The van der Waals surface area contributed by atoms with E-state index in [2.05, 4.69) is 4.98 Å². The van der Waals surface area contributed by atoms with E-state index in [1.807, 2.05) is 47.0 Å². The molecule has 1 saturated carbocycles. The Labute approximate surface area is 163 Å². The molecule has 0 atom stereocenters. The maximum Gasteiger partial charge on any atom is 0.359 e. The van der Waals surface area contributed by atoms with Crippen LogP contribution in [0.2, 0.25) is 0 Å². The molecule has 2 heterocycles. The third-order valence-corrected chi connectivity index (χ3v) is 4.95. The lowest BCUT2D eigenvalue weighted by Crippen LogP contribution is -2.21. The van der Waals surface area contributed by atoms with Gasteiger partial charge in [0.05, 0.1) is 12.1 Å². The molecule has 1 aliphatic carbocycles. The highest BCUT2D eigenvalue weighted by Crippen LogP contribution is 2.40. The molecule has 0 aliphatic heterocycles. The van der Waals surface area contributed by atoms with E-state index in [4.69, 9.17) is 4.74 Å². The Kier molecular flexibility index (Phi) is 4.63. The van der Waals surface area contributed by atoms with Crippen molar-refractivity contribution >= 4 is 17.4 Å². The Bertz CT molecular complexity index is 1050. The minimum atomic E-state index is -0.393. The highest BCUT2D eigenvalue weighted by molar-refractivity contribution is 5.96. The summed E-state index contributed by atoms with van der Waals surface area (Å²) in [6, 6.07) is 11.5. The summed E-state index contributed by atoms with van der Waals surface area (Å²) in [7, 11) is 3.47. The van der Waals surface area contributed by atoms with Gasteiger partial charge in [0.1, 0.15) is 5.82 Å². The minimum Gasteiger partial charge on any atom is -0.461 e. The number of carbonyl (C=O) groups is 2. The molecule has 144 valence electrons. The molecule has 2 aromatic heterocycles. The van der Waals surface area contributed by atoms with Gasteiger partial charge in [-0.3, -0.25) is 4.79 Å². The normalized spacial score (nSPS) is 13.5. The number of ether oxygens (including phenoxy) is 1. The molecule has 28 heavy (non-hydrogen) atoms. The highest BCUT2D eigenvalue weighted by atomic mass is 16.5. The molecule has 0 saturated heterocycles. The molecule has 0 N–H and O–H groups in total. The molecular formula is C22H23N3O3. The third kappa shape index (κ3) is 3.26. The van der Waals surface area contributed by atoms with Gasteiger partial charge in [0.25, 0.3) is 5.91 Å². The number of aromatic nitrogens is 2. The number of nitrogens with zero attached hydrogens (tertiary/aromatic N) is 3. The summed E-state index contributed by atoms with van der Waals surface area (Å²) < 4.78 is 7.20. The number of fused-ring (bicyclic) bond motifs is 1. The van der Waals surface area contributed by atoms with Crippen LogP contribution < -0.4 is 0 Å². The number of hydrogen-bond acceptors (Lipinski definition) is 4. The van der Waals surface area contributed by atoms with Crippen molar-refractivity contribution in [3.05, 3.63) is 59.7 Å². The van der Waals surface area contributed by atoms with Crippen LogP contribution in [-0.2, 0) is 4.74 Å². The van der Waals surface area contributed by atoms with Crippen LogP contribution >= 0.6 is 0 Å². The quantitative estimate of drug-likeness (QED) is 0.635. The largest absolute Gasteiger partial charge is 0.461 e. The number of rotatable bonds is 5. The van der Waals surface area contributed by atoms with E-state index >= 15 is 0 Å². The molecule has 1 aromatic carbocycles. The molecule has 0 bridgehead atoms. The van der Waals surface area contributed by atoms with Crippen molar-refractivity contribution in [2.75, 3.05) is 20.7 Å². The monoisotopic (exact) mass is 377 g/mol. The Morgan fingerprint density at radius 2 is 1.86 bits per heavy atom. The zero-order chi connectivity index (χ0) is 19.8.